The number of allylic oxidation sites excluding steroid dienone is 2. The summed E-state index contributed by atoms with van der Waals surface area (Å²) >= 11 is 0. The van der Waals surface area contributed by atoms with Crippen molar-refractivity contribution in [1.82, 2.24) is 0 Å². The van der Waals surface area contributed by atoms with Crippen LogP contribution in [0.15, 0.2) is 60.7 Å². The first-order chi connectivity index (χ1) is 17.7. The summed E-state index contributed by atoms with van der Waals surface area (Å²) < 4.78 is 5.81. The van der Waals surface area contributed by atoms with Crippen LogP contribution in [0.2, 0.25) is 0 Å². The van der Waals surface area contributed by atoms with Crippen LogP contribution in [0.3, 0.4) is 0 Å². The minimum atomic E-state index is 0.664. The lowest BCUT2D eigenvalue weighted by Gasteiger charge is -2.28. The predicted molar refractivity (Wildman–Crippen MR) is 154 cm³/mol. The Morgan fingerprint density at radius 2 is 1.36 bits per heavy atom. The van der Waals surface area contributed by atoms with Crippen LogP contribution in [-0.4, -0.2) is 6.61 Å². The van der Waals surface area contributed by atoms with E-state index in [0.29, 0.717) is 11.8 Å². The third kappa shape index (κ3) is 8.03. The molecule has 0 aliphatic heterocycles. The molecule has 2 saturated carbocycles. The summed E-state index contributed by atoms with van der Waals surface area (Å²) in [4.78, 5) is 0. The van der Waals surface area contributed by atoms with E-state index in [4.69, 9.17) is 4.74 Å². The second-order valence-electron chi connectivity index (χ2n) is 11.1. The quantitative estimate of drug-likeness (QED) is 0.255. The molecule has 0 spiro atoms. The fourth-order valence-corrected chi connectivity index (χ4v) is 6.16. The van der Waals surface area contributed by atoms with E-state index in [0.717, 1.165) is 36.2 Å². The van der Waals surface area contributed by atoms with Crippen molar-refractivity contribution in [1.29, 1.82) is 0 Å². The second-order valence-corrected chi connectivity index (χ2v) is 11.1. The third-order valence-electron chi connectivity index (χ3n) is 8.48. The Kier molecular flexibility index (Phi) is 10.6. The number of rotatable bonds is 9. The van der Waals surface area contributed by atoms with Crippen LogP contribution >= 0.6 is 0 Å². The average Bonchev–Trinajstić information content (AvgIpc) is 2.93. The molecule has 0 bridgehead atoms. The van der Waals surface area contributed by atoms with Gasteiger partial charge in [-0.05, 0) is 123 Å². The normalized spacial score (nSPS) is 24.3. The van der Waals surface area contributed by atoms with Gasteiger partial charge in [0.05, 0.1) is 6.61 Å². The van der Waals surface area contributed by atoms with Crippen molar-refractivity contribution in [3.8, 4) is 17.6 Å². The lowest BCUT2D eigenvalue weighted by Crippen LogP contribution is -2.13. The molecule has 192 valence electrons. The minimum absolute atomic E-state index is 0.664. The smallest absolute Gasteiger partial charge is 0.119 e. The van der Waals surface area contributed by atoms with Crippen LogP contribution in [0.1, 0.15) is 119 Å². The van der Waals surface area contributed by atoms with E-state index in [1.807, 2.05) is 0 Å². The molecule has 0 radical (unpaired) electrons. The van der Waals surface area contributed by atoms with E-state index < -0.39 is 0 Å². The molecule has 0 N–H and O–H groups in total. The number of unbranched alkanes of at least 4 members (excludes halogenated alkanes) is 1. The predicted octanol–water partition coefficient (Wildman–Crippen LogP) is 9.82. The molecule has 0 unspecified atom stereocenters. The molecule has 4 rings (SSSR count). The molecular formula is C35H46O. The molecule has 2 aromatic rings. The zero-order chi connectivity index (χ0) is 25.0. The molecular weight excluding hydrogens is 436 g/mol. The fourth-order valence-electron chi connectivity index (χ4n) is 6.16. The van der Waals surface area contributed by atoms with E-state index in [9.17, 15) is 0 Å². The number of hydrogen-bond donors (Lipinski definition) is 0. The lowest BCUT2D eigenvalue weighted by molar-refractivity contribution is 0.308. The summed E-state index contributed by atoms with van der Waals surface area (Å²) in [7, 11) is 0. The zero-order valence-electron chi connectivity index (χ0n) is 22.7. The second kappa shape index (κ2) is 14.3. The number of hydrogen-bond acceptors (Lipinski definition) is 1. The van der Waals surface area contributed by atoms with E-state index in [1.54, 1.807) is 0 Å². The molecule has 0 aromatic heterocycles. The topological polar surface area (TPSA) is 9.23 Å². The lowest BCUT2D eigenvalue weighted by atomic mass is 9.77. The monoisotopic (exact) mass is 482 g/mol. The van der Waals surface area contributed by atoms with Gasteiger partial charge in [0.25, 0.3) is 0 Å². The van der Waals surface area contributed by atoms with Crippen LogP contribution in [0.5, 0.6) is 5.75 Å². The minimum Gasteiger partial charge on any atom is -0.494 e. The number of benzene rings is 2. The van der Waals surface area contributed by atoms with Gasteiger partial charge in [-0.2, -0.15) is 0 Å². The van der Waals surface area contributed by atoms with E-state index in [-0.39, 0.29) is 0 Å². The van der Waals surface area contributed by atoms with Crippen molar-refractivity contribution in [3.05, 3.63) is 77.4 Å². The standard InChI is InChI=1S/C35H46O/c1-3-5-27-36-35-25-23-34(24-26-35)33-21-15-30(16-22-33)10-7-6-9-29-13-19-32(20-14-29)31-17-11-28(8-4-2)12-18-31/h7,10,13-14,19-20,23-26,28,30-31,33H,3-5,8,11-12,15-18,21-22,27H2,1-2H3/t28-,30-,31-,33-. The zero-order valence-corrected chi connectivity index (χ0v) is 22.7. The maximum absolute atomic E-state index is 5.81. The van der Waals surface area contributed by atoms with Gasteiger partial charge in [0, 0.05) is 5.56 Å². The first kappa shape index (κ1) is 26.6. The van der Waals surface area contributed by atoms with E-state index >= 15 is 0 Å². The van der Waals surface area contributed by atoms with Gasteiger partial charge >= 0.3 is 0 Å². The summed E-state index contributed by atoms with van der Waals surface area (Å²) in [5.41, 5.74) is 4.12. The van der Waals surface area contributed by atoms with Crippen LogP contribution in [0.25, 0.3) is 0 Å². The molecule has 2 fully saturated rings. The molecule has 1 heteroatoms. The Hall–Kier alpha value is -2.46. The summed E-state index contributed by atoms with van der Waals surface area (Å²) in [6.07, 6.45) is 20.1. The first-order valence-corrected chi connectivity index (χ1v) is 14.8. The van der Waals surface area contributed by atoms with Crippen LogP contribution in [-0.2, 0) is 0 Å². The third-order valence-corrected chi connectivity index (χ3v) is 8.48. The molecule has 0 atom stereocenters. The van der Waals surface area contributed by atoms with Crippen molar-refractivity contribution in [2.24, 2.45) is 11.8 Å². The highest BCUT2D eigenvalue weighted by atomic mass is 16.5. The first-order valence-electron chi connectivity index (χ1n) is 14.8. The SMILES string of the molecule is CCCCOc1ccc([C@H]2CC[C@H](C=CC#Cc3ccc([C@H]4CC[C@H](CCC)CC4)cc3)CC2)cc1. The van der Waals surface area contributed by atoms with Crippen LogP contribution in [0, 0.1) is 23.7 Å². The molecule has 0 heterocycles. The van der Waals surface area contributed by atoms with Gasteiger partial charge < -0.3 is 4.74 Å². The van der Waals surface area contributed by atoms with Gasteiger partial charge in [-0.1, -0.05) is 75.3 Å². The van der Waals surface area contributed by atoms with Gasteiger partial charge in [0.2, 0.25) is 0 Å². The Labute approximate surface area is 220 Å². The van der Waals surface area contributed by atoms with Crippen molar-refractivity contribution in [3.63, 3.8) is 0 Å². The number of ether oxygens (including phenoxy) is 1. The van der Waals surface area contributed by atoms with Gasteiger partial charge in [0.15, 0.2) is 0 Å². The van der Waals surface area contributed by atoms with Crippen molar-refractivity contribution >= 4 is 0 Å². The highest BCUT2D eigenvalue weighted by Gasteiger charge is 2.22. The average molecular weight is 483 g/mol. The van der Waals surface area contributed by atoms with Gasteiger partial charge in [-0.3, -0.25) is 0 Å². The van der Waals surface area contributed by atoms with Gasteiger partial charge in [-0.15, -0.1) is 0 Å². The fraction of sp³-hybridized carbons (Fsp3) is 0.543. The molecule has 2 aliphatic rings. The largest absolute Gasteiger partial charge is 0.494 e. The maximum Gasteiger partial charge on any atom is 0.119 e. The Morgan fingerprint density at radius 3 is 1.97 bits per heavy atom. The summed E-state index contributed by atoms with van der Waals surface area (Å²) in [5, 5.41) is 0. The van der Waals surface area contributed by atoms with Gasteiger partial charge in [-0.25, -0.2) is 0 Å². The van der Waals surface area contributed by atoms with E-state index in [1.165, 1.54) is 81.8 Å². The Bertz CT molecular complexity index is 972. The van der Waals surface area contributed by atoms with Crippen LogP contribution < -0.4 is 4.74 Å². The molecule has 2 aromatic carbocycles. The van der Waals surface area contributed by atoms with E-state index in [2.05, 4.69) is 86.4 Å². The van der Waals surface area contributed by atoms with Gasteiger partial charge in [0.1, 0.15) is 5.75 Å². The Balaban J connectivity index is 1.19. The van der Waals surface area contributed by atoms with Crippen LogP contribution in [0.4, 0.5) is 0 Å². The summed E-state index contributed by atoms with van der Waals surface area (Å²) in [6, 6.07) is 17.9. The van der Waals surface area contributed by atoms with Crippen molar-refractivity contribution in [2.45, 2.75) is 103 Å². The molecule has 2 aliphatic carbocycles. The molecule has 1 nitrogen and oxygen atoms in total. The maximum atomic E-state index is 5.81. The highest BCUT2D eigenvalue weighted by molar-refractivity contribution is 5.39. The summed E-state index contributed by atoms with van der Waals surface area (Å²) in [6.45, 7) is 5.33. The van der Waals surface area contributed by atoms with Crippen molar-refractivity contribution in [2.75, 3.05) is 6.61 Å². The molecule has 0 amide bonds. The highest BCUT2D eigenvalue weighted by Crippen LogP contribution is 2.38. The Morgan fingerprint density at radius 1 is 0.750 bits per heavy atom. The summed E-state index contributed by atoms with van der Waals surface area (Å²) in [5.74, 6) is 10.7. The van der Waals surface area contributed by atoms with Crippen molar-refractivity contribution < 1.29 is 4.74 Å². The molecule has 0 saturated heterocycles. The molecule has 36 heavy (non-hydrogen) atoms.